The van der Waals surface area contributed by atoms with Gasteiger partial charge in [-0.15, -0.1) is 0 Å². The molecule has 23 heavy (non-hydrogen) atoms. The Morgan fingerprint density at radius 3 is 3.09 bits per heavy atom. The fraction of sp³-hybridized carbons (Fsp3) is 0.412. The van der Waals surface area contributed by atoms with E-state index in [1.165, 1.54) is 11.1 Å². The molecule has 2 atom stereocenters. The number of carbonyl (C=O) groups is 1. The van der Waals surface area contributed by atoms with Crippen LogP contribution in [-0.4, -0.2) is 28.1 Å². The number of rotatable bonds is 4. The Labute approximate surface area is 140 Å². The highest BCUT2D eigenvalue weighted by Gasteiger charge is 2.21. The number of urea groups is 1. The summed E-state index contributed by atoms with van der Waals surface area (Å²) in [5.41, 5.74) is 3.76. The molecular formula is C17H22N4OS. The van der Waals surface area contributed by atoms with Crippen molar-refractivity contribution in [2.75, 3.05) is 12.3 Å². The van der Waals surface area contributed by atoms with E-state index in [4.69, 9.17) is 0 Å². The highest BCUT2D eigenvalue weighted by molar-refractivity contribution is 7.99. The van der Waals surface area contributed by atoms with Gasteiger partial charge in [-0.25, -0.2) is 4.79 Å². The fourth-order valence-electron chi connectivity index (χ4n) is 2.83. The number of carbonyl (C=O) groups excluding carboxylic acids is 1. The monoisotopic (exact) mass is 330 g/mol. The summed E-state index contributed by atoms with van der Waals surface area (Å²) >= 11 is 1.91. The third-order valence-electron chi connectivity index (χ3n) is 4.11. The van der Waals surface area contributed by atoms with Crippen molar-refractivity contribution in [3.05, 3.63) is 53.3 Å². The summed E-state index contributed by atoms with van der Waals surface area (Å²) in [6.07, 6.45) is 4.80. The van der Waals surface area contributed by atoms with Gasteiger partial charge in [0.05, 0.1) is 12.2 Å². The quantitative estimate of drug-likeness (QED) is 0.906. The van der Waals surface area contributed by atoms with Crippen LogP contribution in [0.15, 0.2) is 36.7 Å². The summed E-state index contributed by atoms with van der Waals surface area (Å²) in [5.74, 6) is 1.11. The summed E-state index contributed by atoms with van der Waals surface area (Å²) in [7, 11) is 1.87. The first kappa shape index (κ1) is 15.9. The summed E-state index contributed by atoms with van der Waals surface area (Å²) < 4.78 is 1.74. The van der Waals surface area contributed by atoms with Gasteiger partial charge in [0.1, 0.15) is 0 Å². The lowest BCUT2D eigenvalue weighted by molar-refractivity contribution is 0.238. The molecule has 1 aromatic carbocycles. The molecule has 2 N–H and O–H groups in total. The van der Waals surface area contributed by atoms with Crippen LogP contribution < -0.4 is 10.6 Å². The SMILES string of the molecule is C[C@H](NC(=O)NC[C@@H]1SCCc2ccccc21)c1cnn(C)c1. The van der Waals surface area contributed by atoms with Crippen LogP contribution in [0.2, 0.25) is 0 Å². The molecule has 0 spiro atoms. The maximum Gasteiger partial charge on any atom is 0.315 e. The number of benzene rings is 1. The zero-order valence-electron chi connectivity index (χ0n) is 13.5. The first-order valence-electron chi connectivity index (χ1n) is 7.86. The lowest BCUT2D eigenvalue weighted by Gasteiger charge is -2.25. The summed E-state index contributed by atoms with van der Waals surface area (Å²) in [5, 5.41) is 10.4. The van der Waals surface area contributed by atoms with E-state index in [2.05, 4.69) is 40.0 Å². The van der Waals surface area contributed by atoms with Crippen LogP contribution in [-0.2, 0) is 13.5 Å². The molecule has 5 nitrogen and oxygen atoms in total. The molecule has 2 aromatic rings. The van der Waals surface area contributed by atoms with Crippen molar-refractivity contribution in [2.45, 2.75) is 24.6 Å². The Morgan fingerprint density at radius 1 is 1.48 bits per heavy atom. The second-order valence-electron chi connectivity index (χ2n) is 5.83. The molecular weight excluding hydrogens is 308 g/mol. The van der Waals surface area contributed by atoms with Gasteiger partial charge < -0.3 is 10.6 Å². The second-order valence-corrected chi connectivity index (χ2v) is 7.14. The molecule has 1 aromatic heterocycles. The molecule has 0 unspecified atom stereocenters. The van der Waals surface area contributed by atoms with E-state index in [1.807, 2.05) is 31.9 Å². The van der Waals surface area contributed by atoms with Crippen molar-refractivity contribution in [1.29, 1.82) is 0 Å². The van der Waals surface area contributed by atoms with Crippen LogP contribution in [0.25, 0.3) is 0 Å². The zero-order chi connectivity index (χ0) is 16.2. The van der Waals surface area contributed by atoms with Crippen LogP contribution in [0.3, 0.4) is 0 Å². The van der Waals surface area contributed by atoms with Gasteiger partial charge in [-0.1, -0.05) is 24.3 Å². The van der Waals surface area contributed by atoms with E-state index >= 15 is 0 Å². The molecule has 6 heteroatoms. The molecule has 0 fully saturated rings. The van der Waals surface area contributed by atoms with Gasteiger partial charge in [-0.05, 0) is 30.2 Å². The third kappa shape index (κ3) is 3.88. The van der Waals surface area contributed by atoms with E-state index in [-0.39, 0.29) is 12.1 Å². The molecule has 2 heterocycles. The molecule has 0 bridgehead atoms. The minimum Gasteiger partial charge on any atom is -0.337 e. The van der Waals surface area contributed by atoms with Crippen LogP contribution in [0.4, 0.5) is 4.79 Å². The van der Waals surface area contributed by atoms with E-state index in [0.29, 0.717) is 11.8 Å². The minimum absolute atomic E-state index is 0.0602. The average Bonchev–Trinajstić information content (AvgIpc) is 2.99. The molecule has 0 radical (unpaired) electrons. The van der Waals surface area contributed by atoms with Crippen molar-refractivity contribution in [2.24, 2.45) is 7.05 Å². The Bertz CT molecular complexity index is 685. The fourth-order valence-corrected chi connectivity index (χ4v) is 4.06. The van der Waals surface area contributed by atoms with Gasteiger partial charge in [0, 0.05) is 30.6 Å². The normalized spacial score (nSPS) is 18.1. The Kier molecular flexibility index (Phi) is 4.91. The van der Waals surface area contributed by atoms with Crippen molar-refractivity contribution < 1.29 is 4.79 Å². The molecule has 122 valence electrons. The Balaban J connectivity index is 1.54. The number of aromatic nitrogens is 2. The number of nitrogens with one attached hydrogen (secondary N) is 2. The van der Waals surface area contributed by atoms with Gasteiger partial charge >= 0.3 is 6.03 Å². The highest BCUT2D eigenvalue weighted by atomic mass is 32.2. The third-order valence-corrected chi connectivity index (χ3v) is 5.38. The molecule has 1 aliphatic heterocycles. The lowest BCUT2D eigenvalue weighted by atomic mass is 10.0. The van der Waals surface area contributed by atoms with Gasteiger partial charge in [0.25, 0.3) is 0 Å². The molecule has 0 saturated carbocycles. The molecule has 3 rings (SSSR count). The van der Waals surface area contributed by atoms with Crippen molar-refractivity contribution in [3.63, 3.8) is 0 Å². The van der Waals surface area contributed by atoms with E-state index in [9.17, 15) is 4.79 Å². The van der Waals surface area contributed by atoms with E-state index in [1.54, 1.807) is 10.9 Å². The summed E-state index contributed by atoms with van der Waals surface area (Å²) in [6.45, 7) is 2.61. The zero-order valence-corrected chi connectivity index (χ0v) is 14.3. The van der Waals surface area contributed by atoms with Crippen molar-refractivity contribution in [1.82, 2.24) is 20.4 Å². The van der Waals surface area contributed by atoms with E-state index in [0.717, 1.165) is 17.7 Å². The number of fused-ring (bicyclic) bond motifs is 1. The lowest BCUT2D eigenvalue weighted by Crippen LogP contribution is -2.39. The van der Waals surface area contributed by atoms with Gasteiger partial charge in [0.2, 0.25) is 0 Å². The molecule has 2 amide bonds. The van der Waals surface area contributed by atoms with Crippen LogP contribution in [0.1, 0.15) is 34.9 Å². The Morgan fingerprint density at radius 2 is 2.30 bits per heavy atom. The first-order valence-corrected chi connectivity index (χ1v) is 8.90. The minimum atomic E-state index is -0.134. The molecule has 0 aliphatic carbocycles. The predicted octanol–water partition coefficient (Wildman–Crippen LogP) is 2.81. The Hall–Kier alpha value is -1.95. The smallest absolute Gasteiger partial charge is 0.315 e. The average molecular weight is 330 g/mol. The summed E-state index contributed by atoms with van der Waals surface area (Å²) in [6, 6.07) is 8.32. The topological polar surface area (TPSA) is 59.0 Å². The number of aryl methyl sites for hydroxylation is 2. The first-order chi connectivity index (χ1) is 11.1. The van der Waals surface area contributed by atoms with Gasteiger partial charge in [-0.3, -0.25) is 4.68 Å². The van der Waals surface area contributed by atoms with Crippen molar-refractivity contribution in [3.8, 4) is 0 Å². The van der Waals surface area contributed by atoms with Crippen LogP contribution in [0.5, 0.6) is 0 Å². The van der Waals surface area contributed by atoms with Gasteiger partial charge in [-0.2, -0.15) is 16.9 Å². The number of hydrogen-bond acceptors (Lipinski definition) is 3. The van der Waals surface area contributed by atoms with Crippen LogP contribution >= 0.6 is 11.8 Å². The largest absolute Gasteiger partial charge is 0.337 e. The van der Waals surface area contributed by atoms with Crippen molar-refractivity contribution >= 4 is 17.8 Å². The maximum atomic E-state index is 12.1. The number of nitrogens with zero attached hydrogens (tertiary/aromatic N) is 2. The standard InChI is InChI=1S/C17H22N4OS/c1-12(14-9-19-21(2)11-14)20-17(22)18-10-16-15-6-4-3-5-13(15)7-8-23-16/h3-6,9,11-12,16H,7-8,10H2,1-2H3,(H2,18,20,22)/t12-,16-/m0/s1. The summed E-state index contributed by atoms with van der Waals surface area (Å²) in [4.78, 5) is 12.1. The van der Waals surface area contributed by atoms with E-state index < -0.39 is 0 Å². The molecule has 0 saturated heterocycles. The molecule has 1 aliphatic rings. The van der Waals surface area contributed by atoms with Gasteiger partial charge in [0.15, 0.2) is 0 Å². The maximum absolute atomic E-state index is 12.1. The van der Waals surface area contributed by atoms with Crippen LogP contribution in [0, 0.1) is 0 Å². The second kappa shape index (κ2) is 7.08. The number of thioether (sulfide) groups is 1. The highest BCUT2D eigenvalue weighted by Crippen LogP contribution is 2.35. The predicted molar refractivity (Wildman–Crippen MR) is 93.5 cm³/mol. The number of hydrogen-bond donors (Lipinski definition) is 2. The number of amides is 2.